The van der Waals surface area contributed by atoms with Crippen LogP contribution in [0.2, 0.25) is 0 Å². The molecule has 1 aliphatic rings. The highest BCUT2D eigenvalue weighted by atomic mass is 32.2. The topological polar surface area (TPSA) is 49.4 Å². The van der Waals surface area contributed by atoms with E-state index in [1.807, 2.05) is 13.0 Å². The van der Waals surface area contributed by atoms with Crippen molar-refractivity contribution in [2.24, 2.45) is 0 Å². The van der Waals surface area contributed by atoms with Crippen molar-refractivity contribution in [1.29, 1.82) is 0 Å². The van der Waals surface area contributed by atoms with Gasteiger partial charge in [-0.25, -0.2) is 17.5 Å². The number of hydrogen-bond donors (Lipinski definition) is 1. The van der Waals surface area contributed by atoms with Crippen LogP contribution < -0.4 is 9.62 Å². The van der Waals surface area contributed by atoms with E-state index < -0.39 is 10.0 Å². The molecule has 1 aromatic carbocycles. The highest BCUT2D eigenvalue weighted by Crippen LogP contribution is 2.21. The average Bonchev–Trinajstić information content (AvgIpc) is 2.46. The largest absolute Gasteiger partial charge is 0.371 e. The maximum atomic E-state index is 13.2. The second-order valence-corrected chi connectivity index (χ2v) is 7.40. The quantitative estimate of drug-likeness (QED) is 0.878. The van der Waals surface area contributed by atoms with Crippen LogP contribution in [-0.4, -0.2) is 33.3 Å². The second-order valence-electron chi connectivity index (χ2n) is 5.53. The monoisotopic (exact) mass is 314 g/mol. The smallest absolute Gasteiger partial charge is 0.211 e. The van der Waals surface area contributed by atoms with Crippen molar-refractivity contribution in [3.63, 3.8) is 0 Å². The molecule has 0 radical (unpaired) electrons. The molecule has 0 bridgehead atoms. The van der Waals surface area contributed by atoms with Crippen LogP contribution in [0.15, 0.2) is 24.3 Å². The van der Waals surface area contributed by atoms with Crippen LogP contribution >= 0.6 is 0 Å². The number of nitrogens with one attached hydrogen (secondary N) is 1. The summed E-state index contributed by atoms with van der Waals surface area (Å²) in [6.07, 6.45) is 3.07. The van der Waals surface area contributed by atoms with Crippen LogP contribution in [0.5, 0.6) is 0 Å². The van der Waals surface area contributed by atoms with Crippen molar-refractivity contribution in [3.05, 3.63) is 30.1 Å². The lowest BCUT2D eigenvalue weighted by molar-refractivity contribution is 0.459. The summed E-state index contributed by atoms with van der Waals surface area (Å²) in [7, 11) is -3.16. The molecule has 0 saturated carbocycles. The summed E-state index contributed by atoms with van der Waals surface area (Å²) in [5.74, 6) is -0.0388. The zero-order chi connectivity index (χ0) is 15.3. The molecule has 0 amide bonds. The molecule has 1 aliphatic heterocycles. The average molecular weight is 314 g/mol. The number of anilines is 1. The fraction of sp³-hybridized carbons (Fsp3) is 0.600. The van der Waals surface area contributed by atoms with Crippen LogP contribution in [0, 0.1) is 5.82 Å². The number of rotatable bonds is 6. The van der Waals surface area contributed by atoms with Crippen molar-refractivity contribution in [2.75, 3.05) is 23.7 Å². The van der Waals surface area contributed by atoms with Crippen molar-refractivity contribution in [2.45, 2.75) is 38.6 Å². The molecular formula is C15H23FN2O2S. The fourth-order valence-corrected chi connectivity index (χ4v) is 4.11. The summed E-state index contributed by atoms with van der Waals surface area (Å²) in [5, 5.41) is 0. The first-order chi connectivity index (χ1) is 10.00. The lowest BCUT2D eigenvalue weighted by atomic mass is 10.1. The van der Waals surface area contributed by atoms with Gasteiger partial charge in [0.25, 0.3) is 0 Å². The standard InChI is InChI=1S/C15H23FN2O2S/c1-2-3-11-21(19,20)17-14-7-9-18(10-8-14)15-6-4-5-13(16)12-15/h4-6,12,14,17H,2-3,7-11H2,1H3. The molecule has 1 aromatic rings. The van der Waals surface area contributed by atoms with Crippen LogP contribution in [-0.2, 0) is 10.0 Å². The van der Waals surface area contributed by atoms with Gasteiger partial charge in [0.05, 0.1) is 5.75 Å². The van der Waals surface area contributed by atoms with Gasteiger partial charge in [0.1, 0.15) is 5.82 Å². The molecule has 1 heterocycles. The summed E-state index contributed by atoms with van der Waals surface area (Å²) in [4.78, 5) is 2.10. The second kappa shape index (κ2) is 7.22. The molecule has 6 heteroatoms. The van der Waals surface area contributed by atoms with E-state index in [-0.39, 0.29) is 17.6 Å². The summed E-state index contributed by atoms with van der Waals surface area (Å²) in [6.45, 7) is 3.46. The molecule has 2 rings (SSSR count). The molecule has 1 saturated heterocycles. The lowest BCUT2D eigenvalue weighted by Gasteiger charge is -2.33. The maximum absolute atomic E-state index is 13.2. The van der Waals surface area contributed by atoms with E-state index >= 15 is 0 Å². The highest BCUT2D eigenvalue weighted by Gasteiger charge is 2.23. The van der Waals surface area contributed by atoms with Crippen LogP contribution in [0.25, 0.3) is 0 Å². The Morgan fingerprint density at radius 1 is 1.33 bits per heavy atom. The van der Waals surface area contributed by atoms with E-state index in [4.69, 9.17) is 0 Å². The van der Waals surface area contributed by atoms with Crippen molar-refractivity contribution < 1.29 is 12.8 Å². The molecule has 0 spiro atoms. The van der Waals surface area contributed by atoms with Crippen molar-refractivity contribution in [1.82, 2.24) is 4.72 Å². The lowest BCUT2D eigenvalue weighted by Crippen LogP contribution is -2.45. The summed E-state index contributed by atoms with van der Waals surface area (Å²) in [6, 6.07) is 6.53. The van der Waals surface area contributed by atoms with Gasteiger partial charge in [0.2, 0.25) is 10.0 Å². The van der Waals surface area contributed by atoms with Gasteiger partial charge in [0, 0.05) is 24.8 Å². The van der Waals surface area contributed by atoms with Gasteiger partial charge in [-0.15, -0.1) is 0 Å². The van der Waals surface area contributed by atoms with Gasteiger partial charge in [-0.2, -0.15) is 0 Å². The predicted octanol–water partition coefficient (Wildman–Crippen LogP) is 2.51. The molecule has 4 nitrogen and oxygen atoms in total. The van der Waals surface area contributed by atoms with E-state index in [0.717, 1.165) is 38.0 Å². The van der Waals surface area contributed by atoms with E-state index in [1.165, 1.54) is 12.1 Å². The normalized spacial score (nSPS) is 17.1. The molecule has 0 unspecified atom stereocenters. The summed E-state index contributed by atoms with van der Waals surface area (Å²) >= 11 is 0. The van der Waals surface area contributed by atoms with Gasteiger partial charge < -0.3 is 4.90 Å². The van der Waals surface area contributed by atoms with Crippen LogP contribution in [0.3, 0.4) is 0 Å². The van der Waals surface area contributed by atoms with Crippen molar-refractivity contribution >= 4 is 15.7 Å². The number of piperidine rings is 1. The minimum atomic E-state index is -3.16. The zero-order valence-electron chi connectivity index (χ0n) is 12.4. The van der Waals surface area contributed by atoms with Gasteiger partial charge in [-0.3, -0.25) is 0 Å². The minimum Gasteiger partial charge on any atom is -0.371 e. The number of halogens is 1. The zero-order valence-corrected chi connectivity index (χ0v) is 13.2. The Morgan fingerprint density at radius 2 is 2.05 bits per heavy atom. The number of benzene rings is 1. The van der Waals surface area contributed by atoms with E-state index in [0.29, 0.717) is 6.42 Å². The van der Waals surface area contributed by atoms with E-state index in [9.17, 15) is 12.8 Å². The first-order valence-electron chi connectivity index (χ1n) is 7.50. The third kappa shape index (κ3) is 4.97. The van der Waals surface area contributed by atoms with Crippen LogP contribution in [0.4, 0.5) is 10.1 Å². The Morgan fingerprint density at radius 3 is 2.67 bits per heavy atom. The summed E-state index contributed by atoms with van der Waals surface area (Å²) < 4.78 is 39.8. The Balaban J connectivity index is 1.86. The van der Waals surface area contributed by atoms with Gasteiger partial charge in [-0.1, -0.05) is 19.4 Å². The third-order valence-corrected chi connectivity index (χ3v) is 5.30. The Kier molecular flexibility index (Phi) is 5.58. The maximum Gasteiger partial charge on any atom is 0.211 e. The van der Waals surface area contributed by atoms with Gasteiger partial charge in [-0.05, 0) is 37.5 Å². The molecule has 0 aromatic heterocycles. The first-order valence-corrected chi connectivity index (χ1v) is 9.16. The molecule has 118 valence electrons. The third-order valence-electron chi connectivity index (χ3n) is 3.78. The first kappa shape index (κ1) is 16.2. The molecule has 1 N–H and O–H groups in total. The molecule has 0 atom stereocenters. The number of nitrogens with zero attached hydrogens (tertiary/aromatic N) is 1. The fourth-order valence-electron chi connectivity index (χ4n) is 2.58. The van der Waals surface area contributed by atoms with Crippen molar-refractivity contribution in [3.8, 4) is 0 Å². The number of sulfonamides is 1. The number of unbranched alkanes of at least 4 members (excludes halogenated alkanes) is 1. The number of hydrogen-bond acceptors (Lipinski definition) is 3. The van der Waals surface area contributed by atoms with Gasteiger partial charge in [0.15, 0.2) is 0 Å². The molecule has 0 aliphatic carbocycles. The highest BCUT2D eigenvalue weighted by molar-refractivity contribution is 7.89. The molecular weight excluding hydrogens is 291 g/mol. The summed E-state index contributed by atoms with van der Waals surface area (Å²) in [5.41, 5.74) is 0.863. The van der Waals surface area contributed by atoms with Gasteiger partial charge >= 0.3 is 0 Å². The Labute approximate surface area is 126 Å². The predicted molar refractivity (Wildman–Crippen MR) is 83.5 cm³/mol. The van der Waals surface area contributed by atoms with Crippen LogP contribution in [0.1, 0.15) is 32.6 Å². The van der Waals surface area contributed by atoms with E-state index in [2.05, 4.69) is 9.62 Å². The Hall–Kier alpha value is -1.14. The molecule has 21 heavy (non-hydrogen) atoms. The SMILES string of the molecule is CCCCS(=O)(=O)NC1CCN(c2cccc(F)c2)CC1. The van der Waals surface area contributed by atoms with E-state index in [1.54, 1.807) is 6.07 Å². The molecule has 1 fully saturated rings. The minimum absolute atomic E-state index is 0.00309. The Bertz CT molecular complexity index is 555.